The first kappa shape index (κ1) is 13.3. The second-order valence-electron chi connectivity index (χ2n) is 4.18. The van der Waals surface area contributed by atoms with Crippen LogP contribution in [0, 0.1) is 0 Å². The topological polar surface area (TPSA) is 62.7 Å². The lowest BCUT2D eigenvalue weighted by molar-refractivity contribution is 0.969. The Balaban J connectivity index is 2.14. The summed E-state index contributed by atoms with van der Waals surface area (Å²) in [5.74, 6) is 1.73. The minimum Gasteiger partial charge on any atom is -0.370 e. The molecule has 5 nitrogen and oxygen atoms in total. The molecule has 2 aromatic rings. The number of anilines is 2. The van der Waals surface area contributed by atoms with Crippen molar-refractivity contribution in [3.8, 4) is 11.3 Å². The monoisotopic (exact) mass is 257 g/mol. The highest BCUT2D eigenvalue weighted by Crippen LogP contribution is 2.19. The second kappa shape index (κ2) is 6.68. The fourth-order valence-corrected chi connectivity index (χ4v) is 1.70. The molecule has 0 aliphatic carbocycles. The molecule has 0 saturated carbocycles. The van der Waals surface area contributed by atoms with Gasteiger partial charge in [0.1, 0.15) is 18.0 Å². The van der Waals surface area contributed by atoms with Gasteiger partial charge in [-0.05, 0) is 25.5 Å². The lowest BCUT2D eigenvalue weighted by Gasteiger charge is -2.06. The van der Waals surface area contributed by atoms with Crippen molar-refractivity contribution in [3.63, 3.8) is 0 Å². The Kier molecular flexibility index (Phi) is 4.66. The zero-order valence-corrected chi connectivity index (χ0v) is 11.3. The van der Waals surface area contributed by atoms with E-state index < -0.39 is 0 Å². The second-order valence-corrected chi connectivity index (χ2v) is 4.18. The summed E-state index contributed by atoms with van der Waals surface area (Å²) in [6.07, 6.45) is 4.48. The van der Waals surface area contributed by atoms with Gasteiger partial charge in [-0.3, -0.25) is 0 Å². The van der Waals surface area contributed by atoms with Crippen LogP contribution in [0.5, 0.6) is 0 Å². The van der Waals surface area contributed by atoms with Crippen molar-refractivity contribution in [2.75, 3.05) is 23.7 Å². The van der Waals surface area contributed by atoms with Crippen LogP contribution in [0.15, 0.2) is 30.7 Å². The van der Waals surface area contributed by atoms with E-state index in [4.69, 9.17) is 0 Å². The Morgan fingerprint density at radius 3 is 2.58 bits per heavy atom. The lowest BCUT2D eigenvalue weighted by atomic mass is 10.2. The van der Waals surface area contributed by atoms with Crippen LogP contribution >= 0.6 is 0 Å². The summed E-state index contributed by atoms with van der Waals surface area (Å²) in [6.45, 7) is 5.95. The first-order valence-electron chi connectivity index (χ1n) is 6.59. The normalized spacial score (nSPS) is 10.2. The third kappa shape index (κ3) is 3.64. The highest BCUT2D eigenvalue weighted by molar-refractivity contribution is 5.62. The van der Waals surface area contributed by atoms with Gasteiger partial charge in [0.2, 0.25) is 0 Å². The number of nitrogens with zero attached hydrogens (tertiary/aromatic N) is 3. The van der Waals surface area contributed by atoms with E-state index in [-0.39, 0.29) is 0 Å². The number of nitrogens with one attached hydrogen (secondary N) is 2. The van der Waals surface area contributed by atoms with Crippen molar-refractivity contribution in [1.82, 2.24) is 15.0 Å². The lowest BCUT2D eigenvalue weighted by Crippen LogP contribution is -2.02. The van der Waals surface area contributed by atoms with Gasteiger partial charge in [0.25, 0.3) is 0 Å². The van der Waals surface area contributed by atoms with Gasteiger partial charge in [0, 0.05) is 30.9 Å². The Hall–Kier alpha value is -2.17. The summed E-state index contributed by atoms with van der Waals surface area (Å²) in [5.41, 5.74) is 1.86. The molecule has 0 aromatic carbocycles. The molecule has 0 spiro atoms. The van der Waals surface area contributed by atoms with E-state index in [1.165, 1.54) is 0 Å². The predicted molar refractivity (Wildman–Crippen MR) is 78.2 cm³/mol. The van der Waals surface area contributed by atoms with E-state index in [1.807, 2.05) is 31.3 Å². The molecular weight excluding hydrogens is 238 g/mol. The van der Waals surface area contributed by atoms with Gasteiger partial charge in [0.15, 0.2) is 0 Å². The first-order chi connectivity index (χ1) is 9.33. The summed E-state index contributed by atoms with van der Waals surface area (Å²) in [6, 6.07) is 5.92. The molecule has 5 heteroatoms. The first-order valence-corrected chi connectivity index (χ1v) is 6.59. The van der Waals surface area contributed by atoms with Crippen molar-refractivity contribution in [3.05, 3.63) is 30.7 Å². The van der Waals surface area contributed by atoms with Crippen LogP contribution in [0.2, 0.25) is 0 Å². The molecule has 2 rings (SSSR count). The van der Waals surface area contributed by atoms with Crippen LogP contribution < -0.4 is 10.6 Å². The van der Waals surface area contributed by atoms with Crippen LogP contribution in [-0.4, -0.2) is 28.0 Å². The number of rotatable bonds is 6. The van der Waals surface area contributed by atoms with Crippen LogP contribution in [0.3, 0.4) is 0 Å². The van der Waals surface area contributed by atoms with Crippen LogP contribution in [0.25, 0.3) is 11.3 Å². The summed E-state index contributed by atoms with van der Waals surface area (Å²) in [7, 11) is 0. The molecule has 0 aliphatic heterocycles. The van der Waals surface area contributed by atoms with Crippen LogP contribution in [0.4, 0.5) is 11.6 Å². The minimum absolute atomic E-state index is 0.834. The van der Waals surface area contributed by atoms with E-state index in [2.05, 4.69) is 32.5 Å². The molecule has 0 radical (unpaired) electrons. The van der Waals surface area contributed by atoms with Gasteiger partial charge >= 0.3 is 0 Å². The van der Waals surface area contributed by atoms with E-state index >= 15 is 0 Å². The number of aromatic nitrogens is 3. The zero-order chi connectivity index (χ0) is 13.5. The number of hydrogen-bond acceptors (Lipinski definition) is 5. The highest BCUT2D eigenvalue weighted by atomic mass is 15.0. The van der Waals surface area contributed by atoms with Gasteiger partial charge in [-0.2, -0.15) is 0 Å². The van der Waals surface area contributed by atoms with E-state index in [1.54, 1.807) is 6.33 Å². The van der Waals surface area contributed by atoms with Crippen LogP contribution in [-0.2, 0) is 0 Å². The molecule has 0 aliphatic rings. The molecule has 2 N–H and O–H groups in total. The zero-order valence-electron chi connectivity index (χ0n) is 11.3. The molecule has 100 valence electrons. The quantitative estimate of drug-likeness (QED) is 0.833. The maximum Gasteiger partial charge on any atom is 0.129 e. The smallest absolute Gasteiger partial charge is 0.129 e. The fraction of sp³-hybridized carbons (Fsp3) is 0.357. The van der Waals surface area contributed by atoms with Crippen molar-refractivity contribution in [2.45, 2.75) is 20.3 Å². The number of hydrogen-bond donors (Lipinski definition) is 2. The summed E-state index contributed by atoms with van der Waals surface area (Å²) in [4.78, 5) is 12.8. The Morgan fingerprint density at radius 2 is 1.89 bits per heavy atom. The molecule has 0 fully saturated rings. The molecule has 19 heavy (non-hydrogen) atoms. The average molecular weight is 257 g/mol. The molecule has 0 bridgehead atoms. The molecule has 0 atom stereocenters. The van der Waals surface area contributed by atoms with Gasteiger partial charge in [0.05, 0.1) is 5.69 Å². The maximum atomic E-state index is 4.38. The summed E-state index contributed by atoms with van der Waals surface area (Å²) < 4.78 is 0. The van der Waals surface area contributed by atoms with Gasteiger partial charge < -0.3 is 10.6 Å². The molecule has 0 saturated heterocycles. The Bertz CT molecular complexity index is 509. The van der Waals surface area contributed by atoms with E-state index in [9.17, 15) is 0 Å². The SMILES string of the molecule is CCCNc1ccc(-c2cc(NCC)ncn2)cn1. The molecule has 0 unspecified atom stereocenters. The summed E-state index contributed by atoms with van der Waals surface area (Å²) >= 11 is 0. The molecular formula is C14H19N5. The fourth-order valence-electron chi connectivity index (χ4n) is 1.70. The minimum atomic E-state index is 0.834. The van der Waals surface area contributed by atoms with Crippen molar-refractivity contribution >= 4 is 11.6 Å². The summed E-state index contributed by atoms with van der Waals surface area (Å²) in [5, 5.41) is 6.42. The molecule has 2 aromatic heterocycles. The van der Waals surface area contributed by atoms with E-state index in [0.717, 1.165) is 42.4 Å². The van der Waals surface area contributed by atoms with Crippen molar-refractivity contribution in [1.29, 1.82) is 0 Å². The third-order valence-electron chi connectivity index (χ3n) is 2.64. The van der Waals surface area contributed by atoms with Crippen molar-refractivity contribution in [2.24, 2.45) is 0 Å². The van der Waals surface area contributed by atoms with Gasteiger partial charge in [-0.15, -0.1) is 0 Å². The highest BCUT2D eigenvalue weighted by Gasteiger charge is 2.02. The number of pyridine rings is 1. The Morgan fingerprint density at radius 1 is 1.00 bits per heavy atom. The van der Waals surface area contributed by atoms with Crippen molar-refractivity contribution < 1.29 is 0 Å². The largest absolute Gasteiger partial charge is 0.370 e. The standard InChI is InChI=1S/C14H19N5/c1-3-7-16-13-6-5-11(9-17-13)12-8-14(15-4-2)19-10-18-12/h5-6,8-10H,3-4,7H2,1-2H3,(H,16,17)(H,15,18,19). The third-order valence-corrected chi connectivity index (χ3v) is 2.64. The van der Waals surface area contributed by atoms with E-state index in [0.29, 0.717) is 0 Å². The maximum absolute atomic E-state index is 4.38. The average Bonchev–Trinajstić information content (AvgIpc) is 2.46. The predicted octanol–water partition coefficient (Wildman–Crippen LogP) is 2.79. The van der Waals surface area contributed by atoms with Crippen LogP contribution in [0.1, 0.15) is 20.3 Å². The molecule has 2 heterocycles. The van der Waals surface area contributed by atoms with Gasteiger partial charge in [-0.25, -0.2) is 15.0 Å². The molecule has 0 amide bonds. The van der Waals surface area contributed by atoms with Gasteiger partial charge in [-0.1, -0.05) is 6.92 Å². The Labute approximate surface area is 113 Å².